The van der Waals surface area contributed by atoms with Crippen LogP contribution in [0.4, 0.5) is 10.1 Å². The van der Waals surface area contributed by atoms with E-state index in [9.17, 15) is 14.0 Å². The Hall–Kier alpha value is -3.68. The number of oxazole rings is 1. The van der Waals surface area contributed by atoms with Gasteiger partial charge in [-0.15, -0.1) is 0 Å². The van der Waals surface area contributed by atoms with Crippen LogP contribution < -0.4 is 15.4 Å². The van der Waals surface area contributed by atoms with E-state index in [1.165, 1.54) is 38.5 Å². The van der Waals surface area contributed by atoms with Gasteiger partial charge in [-0.1, -0.05) is 30.3 Å². The maximum Gasteiger partial charge on any atom is 0.277 e. The van der Waals surface area contributed by atoms with Crippen LogP contribution in [0, 0.1) is 5.82 Å². The Balaban J connectivity index is 1.76. The van der Waals surface area contributed by atoms with Gasteiger partial charge in [0.25, 0.3) is 5.91 Å². The van der Waals surface area contributed by atoms with Crippen molar-refractivity contribution in [2.45, 2.75) is 19.4 Å². The van der Waals surface area contributed by atoms with E-state index in [1.54, 1.807) is 0 Å². The molecule has 1 heterocycles. The highest BCUT2D eigenvalue weighted by Crippen LogP contribution is 2.23. The van der Waals surface area contributed by atoms with Gasteiger partial charge in [0, 0.05) is 25.1 Å². The number of hydrogen-bond acceptors (Lipinski definition) is 5. The summed E-state index contributed by atoms with van der Waals surface area (Å²) >= 11 is 0. The minimum absolute atomic E-state index is 0.0113. The largest absolute Gasteiger partial charge is 0.494 e. The fourth-order valence-corrected chi connectivity index (χ4v) is 2.78. The van der Waals surface area contributed by atoms with Crippen LogP contribution in [-0.2, 0) is 11.2 Å². The van der Waals surface area contributed by atoms with Crippen molar-refractivity contribution in [1.82, 2.24) is 10.3 Å². The molecule has 0 fully saturated rings. The van der Waals surface area contributed by atoms with E-state index in [-0.39, 0.29) is 23.2 Å². The van der Waals surface area contributed by atoms with Crippen LogP contribution in [0.2, 0.25) is 0 Å². The van der Waals surface area contributed by atoms with E-state index in [4.69, 9.17) is 9.15 Å². The zero-order chi connectivity index (χ0) is 20.8. The molecule has 0 radical (unpaired) electrons. The van der Waals surface area contributed by atoms with E-state index in [1.807, 2.05) is 30.3 Å². The lowest BCUT2D eigenvalue weighted by Crippen LogP contribution is -2.28. The number of aromatic nitrogens is 1. The zero-order valence-corrected chi connectivity index (χ0v) is 15.9. The highest BCUT2D eigenvalue weighted by atomic mass is 19.1. The van der Waals surface area contributed by atoms with Crippen molar-refractivity contribution in [1.29, 1.82) is 0 Å². The van der Waals surface area contributed by atoms with Gasteiger partial charge in [-0.25, -0.2) is 9.37 Å². The molecule has 0 bridgehead atoms. The molecule has 0 aliphatic rings. The minimum Gasteiger partial charge on any atom is -0.494 e. The summed E-state index contributed by atoms with van der Waals surface area (Å²) in [6.07, 6.45) is 1.67. The van der Waals surface area contributed by atoms with Crippen LogP contribution in [0.25, 0.3) is 0 Å². The number of nitrogens with zero attached hydrogens (tertiary/aromatic N) is 1. The average Bonchev–Trinajstić information content (AvgIpc) is 3.20. The summed E-state index contributed by atoms with van der Waals surface area (Å²) in [6, 6.07) is 13.0. The van der Waals surface area contributed by atoms with Gasteiger partial charge in [0.05, 0.1) is 7.11 Å². The Morgan fingerprint density at radius 2 is 1.97 bits per heavy atom. The number of ether oxygens (including phenoxy) is 1. The fourth-order valence-electron chi connectivity index (χ4n) is 2.78. The molecule has 7 nitrogen and oxygen atoms in total. The van der Waals surface area contributed by atoms with Crippen LogP contribution in [-0.4, -0.2) is 23.9 Å². The van der Waals surface area contributed by atoms with Gasteiger partial charge in [-0.3, -0.25) is 9.59 Å². The summed E-state index contributed by atoms with van der Waals surface area (Å²) in [7, 11) is 1.34. The average molecular weight is 397 g/mol. The van der Waals surface area contributed by atoms with Gasteiger partial charge in [0.2, 0.25) is 11.8 Å². The Morgan fingerprint density at radius 1 is 1.21 bits per heavy atom. The second kappa shape index (κ2) is 9.01. The van der Waals surface area contributed by atoms with Gasteiger partial charge < -0.3 is 19.8 Å². The van der Waals surface area contributed by atoms with Gasteiger partial charge in [-0.2, -0.15) is 0 Å². The minimum atomic E-state index is -0.534. The van der Waals surface area contributed by atoms with Crippen LogP contribution in [0.3, 0.4) is 0 Å². The molecule has 8 heteroatoms. The summed E-state index contributed by atoms with van der Waals surface area (Å²) in [5.74, 6) is -1.08. The summed E-state index contributed by atoms with van der Waals surface area (Å²) in [4.78, 5) is 28.3. The zero-order valence-electron chi connectivity index (χ0n) is 15.9. The Bertz CT molecular complexity index is 1000. The predicted octanol–water partition coefficient (Wildman–Crippen LogP) is 3.49. The monoisotopic (exact) mass is 397 g/mol. The van der Waals surface area contributed by atoms with Crippen molar-refractivity contribution in [3.63, 3.8) is 0 Å². The van der Waals surface area contributed by atoms with Crippen molar-refractivity contribution in [3.8, 4) is 5.75 Å². The smallest absolute Gasteiger partial charge is 0.277 e. The molecule has 3 aromatic rings. The molecule has 0 saturated carbocycles. The second-order valence-corrected chi connectivity index (χ2v) is 6.32. The Labute approximate surface area is 166 Å². The first-order chi connectivity index (χ1) is 14.0. The number of benzene rings is 2. The molecular weight excluding hydrogens is 377 g/mol. The standard InChI is InChI=1S/C21H20FN3O4/c1-13(26)23-17(10-14-6-4-3-5-7-14)21-25-18(12-29-21)20(27)24-15-8-9-16(22)19(11-15)28-2/h3-9,11-12,17H,10H2,1-2H3,(H,23,26)(H,24,27)/t17-/m1/s1. The lowest BCUT2D eigenvalue weighted by atomic mass is 10.1. The number of amides is 2. The van der Waals surface area contributed by atoms with E-state index in [0.717, 1.165) is 5.56 Å². The van der Waals surface area contributed by atoms with Gasteiger partial charge in [-0.05, 0) is 17.7 Å². The fraction of sp³-hybridized carbons (Fsp3) is 0.190. The molecule has 0 spiro atoms. The van der Waals surface area contributed by atoms with Crippen molar-refractivity contribution < 1.29 is 23.1 Å². The molecule has 29 heavy (non-hydrogen) atoms. The van der Waals surface area contributed by atoms with E-state index in [0.29, 0.717) is 12.1 Å². The molecule has 3 rings (SSSR count). The first kappa shape index (κ1) is 20.1. The molecule has 2 amide bonds. The lowest BCUT2D eigenvalue weighted by Gasteiger charge is -2.14. The number of carbonyl (C=O) groups excluding carboxylic acids is 2. The summed E-state index contributed by atoms with van der Waals surface area (Å²) < 4.78 is 23.9. The Morgan fingerprint density at radius 3 is 2.66 bits per heavy atom. The van der Waals surface area contributed by atoms with E-state index >= 15 is 0 Å². The third-order valence-corrected chi connectivity index (χ3v) is 4.12. The number of halogens is 1. The number of methoxy groups -OCH3 is 1. The topological polar surface area (TPSA) is 93.5 Å². The Kier molecular flexibility index (Phi) is 6.23. The van der Waals surface area contributed by atoms with Crippen LogP contribution in [0.15, 0.2) is 59.2 Å². The molecule has 2 N–H and O–H groups in total. The SMILES string of the molecule is COc1cc(NC(=O)c2coc([C@@H](Cc3ccccc3)NC(C)=O)n2)ccc1F. The van der Waals surface area contributed by atoms with E-state index in [2.05, 4.69) is 15.6 Å². The third-order valence-electron chi connectivity index (χ3n) is 4.12. The number of hydrogen-bond donors (Lipinski definition) is 2. The number of nitrogens with one attached hydrogen (secondary N) is 2. The first-order valence-corrected chi connectivity index (χ1v) is 8.87. The maximum atomic E-state index is 13.5. The molecule has 0 aliphatic heterocycles. The van der Waals surface area contributed by atoms with Crippen molar-refractivity contribution in [2.24, 2.45) is 0 Å². The second-order valence-electron chi connectivity index (χ2n) is 6.32. The summed E-state index contributed by atoms with van der Waals surface area (Å²) in [6.45, 7) is 1.40. The van der Waals surface area contributed by atoms with Crippen LogP contribution >= 0.6 is 0 Å². The van der Waals surface area contributed by atoms with Gasteiger partial charge in [0.1, 0.15) is 12.3 Å². The molecule has 2 aromatic carbocycles. The van der Waals surface area contributed by atoms with Gasteiger partial charge in [0.15, 0.2) is 17.3 Å². The highest BCUT2D eigenvalue weighted by molar-refractivity contribution is 6.02. The summed E-state index contributed by atoms with van der Waals surface area (Å²) in [5.41, 5.74) is 1.36. The molecule has 0 aliphatic carbocycles. The molecule has 1 atom stereocenters. The van der Waals surface area contributed by atoms with Crippen LogP contribution in [0.1, 0.15) is 34.9 Å². The van der Waals surface area contributed by atoms with Crippen molar-refractivity contribution in [2.75, 3.05) is 12.4 Å². The first-order valence-electron chi connectivity index (χ1n) is 8.87. The lowest BCUT2D eigenvalue weighted by molar-refractivity contribution is -0.119. The summed E-state index contributed by atoms with van der Waals surface area (Å²) in [5, 5.41) is 5.39. The normalized spacial score (nSPS) is 11.6. The predicted molar refractivity (Wildman–Crippen MR) is 104 cm³/mol. The molecule has 1 aromatic heterocycles. The third kappa shape index (κ3) is 5.19. The molecule has 0 unspecified atom stereocenters. The maximum absolute atomic E-state index is 13.5. The number of anilines is 1. The number of rotatable bonds is 7. The van der Waals surface area contributed by atoms with E-state index < -0.39 is 17.8 Å². The van der Waals surface area contributed by atoms with Crippen LogP contribution in [0.5, 0.6) is 5.75 Å². The quantitative estimate of drug-likeness (QED) is 0.637. The van der Waals surface area contributed by atoms with Crippen molar-refractivity contribution >= 4 is 17.5 Å². The highest BCUT2D eigenvalue weighted by Gasteiger charge is 2.21. The molecule has 150 valence electrons. The number of carbonyl (C=O) groups is 2. The van der Waals surface area contributed by atoms with Gasteiger partial charge >= 0.3 is 0 Å². The molecular formula is C21H20FN3O4. The van der Waals surface area contributed by atoms with Crippen molar-refractivity contribution in [3.05, 3.63) is 77.8 Å². The molecule has 0 saturated heterocycles.